The van der Waals surface area contributed by atoms with E-state index in [9.17, 15) is 14.0 Å². The highest BCUT2D eigenvalue weighted by Crippen LogP contribution is 2.41. The normalized spacial score (nSPS) is 11.4. The zero-order chi connectivity index (χ0) is 19.6. The van der Waals surface area contributed by atoms with Crippen molar-refractivity contribution in [2.24, 2.45) is 0 Å². The molecule has 3 aromatic carbocycles. The Morgan fingerprint density at radius 3 is 1.71 bits per heavy atom. The zero-order valence-corrected chi connectivity index (χ0v) is 15.3. The molecule has 1 aromatic heterocycles. The van der Waals surface area contributed by atoms with Gasteiger partial charge < -0.3 is 0 Å². The first-order valence-corrected chi connectivity index (χ1v) is 9.66. The Kier molecular flexibility index (Phi) is 4.85. The van der Waals surface area contributed by atoms with E-state index in [-0.39, 0.29) is 11.4 Å². The highest BCUT2D eigenvalue weighted by Gasteiger charge is 2.33. The quantitative estimate of drug-likeness (QED) is 0.511. The Labute approximate surface area is 163 Å². The van der Waals surface area contributed by atoms with E-state index in [0.717, 1.165) is 0 Å². The average Bonchev–Trinajstić information content (AvgIpc) is 3.07. The van der Waals surface area contributed by atoms with Gasteiger partial charge in [-0.15, -0.1) is 0 Å². The highest BCUT2D eigenvalue weighted by atomic mass is 35.7. The van der Waals surface area contributed by atoms with Crippen LogP contribution >= 0.6 is 0 Å². The lowest BCUT2D eigenvalue weighted by Gasteiger charge is -2.13. The largest absolute Gasteiger partial charge is 0.342 e. The first-order valence-electron chi connectivity index (χ1n) is 8.42. The molecule has 0 saturated heterocycles. The number of hydrogen-bond donors (Lipinski definition) is 0. The summed E-state index contributed by atoms with van der Waals surface area (Å²) in [6, 6.07) is 27.3. The van der Waals surface area contributed by atoms with Gasteiger partial charge in [-0.05, 0) is 12.1 Å². The van der Waals surface area contributed by atoms with E-state index in [1.165, 1.54) is 0 Å². The maximum Gasteiger partial charge on any atom is 0.342 e. The zero-order valence-electron chi connectivity index (χ0n) is 14.6. The Morgan fingerprint density at radius 1 is 0.679 bits per heavy atom. The second kappa shape index (κ2) is 7.46. The van der Waals surface area contributed by atoms with Crippen LogP contribution in [0.5, 0.6) is 5.75 Å². The minimum absolute atomic E-state index is 0.113. The van der Waals surface area contributed by atoms with E-state index < -0.39 is 10.2 Å². The molecule has 140 valence electrons. The molecule has 0 aliphatic carbocycles. The molecule has 6 nitrogen and oxygen atoms in total. The molecule has 0 spiro atoms. The van der Waals surface area contributed by atoms with Crippen molar-refractivity contribution in [1.29, 1.82) is 0 Å². The number of halogens is 1. The van der Waals surface area contributed by atoms with Gasteiger partial charge in [0.1, 0.15) is 15.9 Å². The maximum atomic E-state index is 11.5. The molecule has 0 unspecified atom stereocenters. The summed E-state index contributed by atoms with van der Waals surface area (Å²) in [6.45, 7) is 0. The van der Waals surface area contributed by atoms with Crippen molar-refractivity contribution in [2.75, 3.05) is 0 Å². The molecule has 1 heterocycles. The molecule has 0 fully saturated rings. The Balaban J connectivity index is 2.04. The van der Waals surface area contributed by atoms with Gasteiger partial charge in [-0.1, -0.05) is 83.2 Å². The van der Waals surface area contributed by atoms with E-state index >= 15 is 0 Å². The third-order valence-electron chi connectivity index (χ3n) is 4.11. The van der Waals surface area contributed by atoms with Gasteiger partial charge in [-0.2, -0.15) is 19.1 Å². The molecule has 4 aromatic rings. The van der Waals surface area contributed by atoms with Gasteiger partial charge in [0.25, 0.3) is 0 Å². The van der Waals surface area contributed by atoms with Crippen molar-refractivity contribution < 1.29 is 28.5 Å². The van der Waals surface area contributed by atoms with Crippen LogP contribution in [0.15, 0.2) is 91.0 Å². The van der Waals surface area contributed by atoms with Crippen LogP contribution in [0.25, 0.3) is 28.2 Å². The van der Waals surface area contributed by atoms with Crippen LogP contribution in [-0.2, 0) is 0 Å². The van der Waals surface area contributed by atoms with E-state index in [0.29, 0.717) is 22.5 Å². The molecular weight excluding hydrogens is 380 g/mol. The van der Waals surface area contributed by atoms with Gasteiger partial charge in [0, 0.05) is 11.1 Å². The van der Waals surface area contributed by atoms with Crippen molar-refractivity contribution in [3.8, 4) is 34.0 Å². The second-order valence-electron chi connectivity index (χ2n) is 5.96. The van der Waals surface area contributed by atoms with Crippen molar-refractivity contribution >= 4 is 0 Å². The average molecular weight is 395 g/mol. The minimum atomic E-state index is -4.71. The van der Waals surface area contributed by atoms with Gasteiger partial charge >= 0.3 is 5.75 Å². The summed E-state index contributed by atoms with van der Waals surface area (Å²) in [7, 11) is -4.71. The molecule has 0 aliphatic heterocycles. The van der Waals surface area contributed by atoms with Gasteiger partial charge in [-0.25, -0.2) is 4.68 Å². The second-order valence-corrected chi connectivity index (χ2v) is 6.87. The summed E-state index contributed by atoms with van der Waals surface area (Å²) in [5.41, 5.74) is 2.62. The molecule has 0 amide bonds. The van der Waals surface area contributed by atoms with E-state index in [4.69, 9.17) is 4.29 Å². The number of nitrogens with zero attached hydrogens (tertiary/aromatic N) is 2. The van der Waals surface area contributed by atoms with E-state index in [2.05, 4.69) is 5.10 Å². The van der Waals surface area contributed by atoms with Gasteiger partial charge in [0.2, 0.25) is 0 Å². The fourth-order valence-corrected chi connectivity index (χ4v) is 3.30. The van der Waals surface area contributed by atoms with Crippen LogP contribution in [0.3, 0.4) is 0 Å². The Morgan fingerprint density at radius 2 is 1.18 bits per heavy atom. The molecule has 0 aliphatic rings. The number of hydrogen-bond acceptors (Lipinski definition) is 5. The molecule has 0 saturated carbocycles. The molecular formula is C21H15ClN2O4. The molecule has 28 heavy (non-hydrogen) atoms. The number of benzene rings is 3. The Bertz CT molecular complexity index is 1060. The van der Waals surface area contributed by atoms with E-state index in [1.807, 2.05) is 54.6 Å². The number of rotatable bonds is 5. The smallest absolute Gasteiger partial charge is 0.228 e. The van der Waals surface area contributed by atoms with Crippen LogP contribution in [0.2, 0.25) is 0 Å². The van der Waals surface area contributed by atoms with Crippen molar-refractivity contribution in [3.05, 3.63) is 91.0 Å². The lowest BCUT2D eigenvalue weighted by atomic mass is 10.1. The molecule has 7 heteroatoms. The molecule has 0 atom stereocenters. The van der Waals surface area contributed by atoms with E-state index in [1.54, 1.807) is 41.1 Å². The summed E-state index contributed by atoms with van der Waals surface area (Å²) in [6.07, 6.45) is 0. The Hall–Kier alpha value is -3.16. The first kappa shape index (κ1) is 18.2. The summed E-state index contributed by atoms with van der Waals surface area (Å²) in [5, 5.41) is 4.60. The van der Waals surface area contributed by atoms with Gasteiger partial charge in [-0.3, -0.25) is 0 Å². The molecule has 0 radical (unpaired) electrons. The third kappa shape index (κ3) is 3.76. The standard InChI is InChI=1S/C21H15ClN2O4/c25-22(26,27)28-21-19(16-10-4-1-5-11-16)23-24(18-14-8-3-9-15-18)20(21)17-12-6-2-7-13-17/h1-15H. The monoisotopic (exact) mass is 394 g/mol. The fourth-order valence-electron chi connectivity index (χ4n) is 2.96. The number of aromatic nitrogens is 2. The van der Waals surface area contributed by atoms with Crippen LogP contribution in [0.1, 0.15) is 0 Å². The SMILES string of the molecule is [O-][Cl+3]([O-])([O-])Oc1c(-c2ccccc2)nn(-c2ccccc2)c1-c1ccccc1. The molecule has 0 N–H and O–H groups in total. The number of para-hydroxylation sites is 1. The topological polar surface area (TPSA) is 96.2 Å². The summed E-state index contributed by atoms with van der Waals surface area (Å²) in [5.74, 6) is -0.113. The van der Waals surface area contributed by atoms with Gasteiger partial charge in [0.15, 0.2) is 5.69 Å². The lowest BCUT2D eigenvalue weighted by molar-refractivity contribution is -1.91. The van der Waals surface area contributed by atoms with Crippen molar-refractivity contribution in [2.45, 2.75) is 0 Å². The minimum Gasteiger partial charge on any atom is -0.228 e. The third-order valence-corrected chi connectivity index (χ3v) is 4.45. The van der Waals surface area contributed by atoms with Crippen LogP contribution in [0.4, 0.5) is 0 Å². The van der Waals surface area contributed by atoms with Crippen LogP contribution in [-0.4, -0.2) is 9.78 Å². The molecule has 4 rings (SSSR count). The molecule has 0 bridgehead atoms. The summed E-state index contributed by atoms with van der Waals surface area (Å²) in [4.78, 5) is 0. The fraction of sp³-hybridized carbons (Fsp3) is 0. The first-order chi connectivity index (χ1) is 13.5. The highest BCUT2D eigenvalue weighted by molar-refractivity contribution is 5.79. The predicted octanol–water partition coefficient (Wildman–Crippen LogP) is 1.48. The van der Waals surface area contributed by atoms with Crippen LogP contribution < -0.4 is 18.3 Å². The van der Waals surface area contributed by atoms with Crippen LogP contribution in [0, 0.1) is 10.2 Å². The maximum absolute atomic E-state index is 11.5. The lowest BCUT2D eigenvalue weighted by Crippen LogP contribution is -2.63. The van der Waals surface area contributed by atoms with Crippen molar-refractivity contribution in [3.63, 3.8) is 0 Å². The predicted molar refractivity (Wildman–Crippen MR) is 95.1 cm³/mol. The van der Waals surface area contributed by atoms with Crippen molar-refractivity contribution in [1.82, 2.24) is 9.78 Å². The van der Waals surface area contributed by atoms with Gasteiger partial charge in [0.05, 0.1) is 5.69 Å². The summed E-state index contributed by atoms with van der Waals surface area (Å²) < 4.78 is 40.9. The summed E-state index contributed by atoms with van der Waals surface area (Å²) >= 11 is 0.